The molecule has 31 heavy (non-hydrogen) atoms. The van der Waals surface area contributed by atoms with E-state index >= 15 is 0 Å². The van der Waals surface area contributed by atoms with Gasteiger partial charge in [0.1, 0.15) is 11.5 Å². The maximum atomic E-state index is 4.79. The summed E-state index contributed by atoms with van der Waals surface area (Å²) in [4.78, 5) is 16.4. The quantitative estimate of drug-likeness (QED) is 0.289. The second kappa shape index (κ2) is 11.3. The Morgan fingerprint density at radius 1 is 1.19 bits per heavy atom. The number of nitrogens with one attached hydrogen (secondary N) is 2. The van der Waals surface area contributed by atoms with Gasteiger partial charge in [-0.2, -0.15) is 0 Å². The summed E-state index contributed by atoms with van der Waals surface area (Å²) in [5.41, 5.74) is 3.30. The van der Waals surface area contributed by atoms with Crippen molar-refractivity contribution in [1.29, 1.82) is 0 Å². The number of guanidine groups is 1. The number of aliphatic imine (C=N–C) groups is 1. The molecule has 0 spiro atoms. The lowest BCUT2D eigenvalue weighted by atomic mass is 10.1. The molecule has 0 bridgehead atoms. The van der Waals surface area contributed by atoms with Gasteiger partial charge < -0.3 is 19.9 Å². The third-order valence-corrected chi connectivity index (χ3v) is 5.52. The van der Waals surface area contributed by atoms with E-state index in [9.17, 15) is 0 Å². The van der Waals surface area contributed by atoms with E-state index in [-0.39, 0.29) is 24.0 Å². The van der Waals surface area contributed by atoms with E-state index in [0.29, 0.717) is 12.6 Å². The van der Waals surface area contributed by atoms with Crippen LogP contribution in [0, 0.1) is 6.92 Å². The normalized spacial score (nSPS) is 15.0. The van der Waals surface area contributed by atoms with Gasteiger partial charge in [-0.3, -0.25) is 4.99 Å². The average Bonchev–Trinajstić information content (AvgIpc) is 3.19. The third kappa shape index (κ3) is 6.09. The molecule has 3 aromatic heterocycles. The van der Waals surface area contributed by atoms with Crippen LogP contribution in [0.5, 0.6) is 0 Å². The highest BCUT2D eigenvalue weighted by Crippen LogP contribution is 2.17. The first kappa shape index (κ1) is 23.3. The van der Waals surface area contributed by atoms with Gasteiger partial charge >= 0.3 is 0 Å². The molecule has 0 aromatic carbocycles. The number of aromatic nitrogens is 3. The number of pyridine rings is 2. The van der Waals surface area contributed by atoms with Crippen molar-refractivity contribution < 1.29 is 0 Å². The van der Waals surface area contributed by atoms with Gasteiger partial charge in [0.05, 0.1) is 5.69 Å². The van der Waals surface area contributed by atoms with Crippen molar-refractivity contribution in [2.45, 2.75) is 39.2 Å². The molecule has 0 aliphatic carbocycles. The van der Waals surface area contributed by atoms with Crippen LogP contribution in [0.3, 0.4) is 0 Å². The van der Waals surface area contributed by atoms with Crippen LogP contribution in [0.1, 0.15) is 31.0 Å². The zero-order valence-corrected chi connectivity index (χ0v) is 20.6. The minimum absolute atomic E-state index is 0. The lowest BCUT2D eigenvalue weighted by molar-refractivity contribution is 0.459. The van der Waals surface area contributed by atoms with Crippen LogP contribution >= 0.6 is 24.0 Å². The van der Waals surface area contributed by atoms with Gasteiger partial charge in [-0.25, -0.2) is 9.97 Å². The number of fused-ring (bicyclic) bond motifs is 1. The van der Waals surface area contributed by atoms with E-state index in [1.165, 1.54) is 5.56 Å². The van der Waals surface area contributed by atoms with Crippen molar-refractivity contribution >= 4 is 41.4 Å². The molecule has 4 rings (SSSR count). The minimum atomic E-state index is 0. The maximum absolute atomic E-state index is 4.79. The number of hydrogen-bond acceptors (Lipinski definition) is 4. The SMILES string of the molecule is CCNC(=NCCc1cn2cccc(C)c2n1)NC1CCN(c2ccccn2)CC1.I. The van der Waals surface area contributed by atoms with Crippen LogP contribution in [0.15, 0.2) is 53.9 Å². The molecule has 8 heteroatoms. The number of piperidine rings is 1. The molecule has 1 fully saturated rings. The summed E-state index contributed by atoms with van der Waals surface area (Å²) < 4.78 is 2.09. The molecule has 0 amide bonds. The lowest BCUT2D eigenvalue weighted by Gasteiger charge is -2.33. The van der Waals surface area contributed by atoms with Crippen molar-refractivity contribution in [2.24, 2.45) is 4.99 Å². The maximum Gasteiger partial charge on any atom is 0.191 e. The molecule has 2 N–H and O–H groups in total. The highest BCUT2D eigenvalue weighted by atomic mass is 127. The number of imidazole rings is 1. The standard InChI is InChI=1S/C23H31N7.HI/c1-3-24-23(26-13-9-20-17-30-14-6-7-18(2)22(30)27-20)28-19-10-15-29(16-11-19)21-8-4-5-12-25-21;/h4-8,12,14,17,19H,3,9-11,13,15-16H2,1-2H3,(H2,24,26,28);1H. The average molecular weight is 533 g/mol. The Bertz CT molecular complexity index is 978. The molecular formula is C23H32IN7. The molecule has 0 radical (unpaired) electrons. The summed E-state index contributed by atoms with van der Waals surface area (Å²) in [7, 11) is 0. The Hall–Kier alpha value is -2.36. The fraction of sp³-hybridized carbons (Fsp3) is 0.435. The van der Waals surface area contributed by atoms with Crippen LogP contribution in [-0.2, 0) is 6.42 Å². The summed E-state index contributed by atoms with van der Waals surface area (Å²) in [6.45, 7) is 7.78. The van der Waals surface area contributed by atoms with Gasteiger partial charge in [0.25, 0.3) is 0 Å². The molecule has 1 aliphatic heterocycles. The van der Waals surface area contributed by atoms with E-state index in [1.807, 2.05) is 24.5 Å². The van der Waals surface area contributed by atoms with Crippen molar-refractivity contribution in [3.05, 3.63) is 60.2 Å². The second-order valence-corrected chi connectivity index (χ2v) is 7.76. The minimum Gasteiger partial charge on any atom is -0.357 e. The second-order valence-electron chi connectivity index (χ2n) is 7.76. The van der Waals surface area contributed by atoms with Crippen molar-refractivity contribution in [3.63, 3.8) is 0 Å². The van der Waals surface area contributed by atoms with Gasteiger partial charge in [0.15, 0.2) is 5.96 Å². The third-order valence-electron chi connectivity index (χ3n) is 5.52. The summed E-state index contributed by atoms with van der Waals surface area (Å²) in [6, 6.07) is 10.7. The van der Waals surface area contributed by atoms with E-state index in [4.69, 9.17) is 9.98 Å². The first-order chi connectivity index (χ1) is 14.7. The molecule has 4 heterocycles. The largest absolute Gasteiger partial charge is 0.357 e. The number of anilines is 1. The van der Waals surface area contributed by atoms with E-state index in [0.717, 1.165) is 62.0 Å². The fourth-order valence-corrected chi connectivity index (χ4v) is 3.91. The predicted molar refractivity (Wildman–Crippen MR) is 138 cm³/mol. The number of nitrogens with zero attached hydrogens (tertiary/aromatic N) is 5. The molecule has 0 saturated carbocycles. The number of hydrogen-bond donors (Lipinski definition) is 2. The molecule has 0 atom stereocenters. The highest BCUT2D eigenvalue weighted by Gasteiger charge is 2.20. The lowest BCUT2D eigenvalue weighted by Crippen LogP contribution is -2.49. The van der Waals surface area contributed by atoms with Crippen LogP contribution in [0.2, 0.25) is 0 Å². The first-order valence-electron chi connectivity index (χ1n) is 10.9. The van der Waals surface area contributed by atoms with Crippen LogP contribution < -0.4 is 15.5 Å². The van der Waals surface area contributed by atoms with Gasteiger partial charge in [0, 0.05) is 57.2 Å². The first-order valence-corrected chi connectivity index (χ1v) is 10.9. The number of halogens is 1. The van der Waals surface area contributed by atoms with E-state index < -0.39 is 0 Å². The van der Waals surface area contributed by atoms with Gasteiger partial charge in [-0.05, 0) is 50.5 Å². The highest BCUT2D eigenvalue weighted by molar-refractivity contribution is 14.0. The summed E-state index contributed by atoms with van der Waals surface area (Å²) in [5, 5.41) is 7.00. The van der Waals surface area contributed by atoms with Crippen LogP contribution in [-0.4, -0.2) is 52.5 Å². The number of rotatable bonds is 6. The van der Waals surface area contributed by atoms with Gasteiger partial charge in [-0.1, -0.05) is 12.1 Å². The molecule has 1 aliphatic rings. The van der Waals surface area contributed by atoms with E-state index in [2.05, 4.69) is 63.2 Å². The Morgan fingerprint density at radius 3 is 2.74 bits per heavy atom. The predicted octanol–water partition coefficient (Wildman–Crippen LogP) is 3.42. The molecule has 7 nitrogen and oxygen atoms in total. The summed E-state index contributed by atoms with van der Waals surface area (Å²) >= 11 is 0. The van der Waals surface area contributed by atoms with Gasteiger partial charge in [0.2, 0.25) is 0 Å². The molecule has 3 aromatic rings. The number of aryl methyl sites for hydroxylation is 1. The monoisotopic (exact) mass is 533 g/mol. The molecule has 1 saturated heterocycles. The van der Waals surface area contributed by atoms with Crippen LogP contribution in [0.25, 0.3) is 5.65 Å². The smallest absolute Gasteiger partial charge is 0.191 e. The van der Waals surface area contributed by atoms with E-state index in [1.54, 1.807) is 0 Å². The zero-order chi connectivity index (χ0) is 20.8. The Morgan fingerprint density at radius 2 is 2.03 bits per heavy atom. The Kier molecular flexibility index (Phi) is 8.51. The summed E-state index contributed by atoms with van der Waals surface area (Å²) in [6.07, 6.45) is 8.99. The van der Waals surface area contributed by atoms with Crippen LogP contribution in [0.4, 0.5) is 5.82 Å². The molecule has 0 unspecified atom stereocenters. The molecule has 166 valence electrons. The van der Waals surface area contributed by atoms with Crippen molar-refractivity contribution in [1.82, 2.24) is 25.0 Å². The molecular weight excluding hydrogens is 501 g/mol. The van der Waals surface area contributed by atoms with Crippen molar-refractivity contribution in [2.75, 3.05) is 31.1 Å². The Labute approximate surface area is 201 Å². The van der Waals surface area contributed by atoms with Gasteiger partial charge in [-0.15, -0.1) is 24.0 Å². The zero-order valence-electron chi connectivity index (χ0n) is 18.3. The fourth-order valence-electron chi connectivity index (χ4n) is 3.91. The summed E-state index contributed by atoms with van der Waals surface area (Å²) in [5.74, 6) is 1.97. The topological polar surface area (TPSA) is 69.8 Å². The Balaban J connectivity index is 0.00000272. The van der Waals surface area contributed by atoms with Crippen molar-refractivity contribution in [3.8, 4) is 0 Å².